The molecule has 0 saturated carbocycles. The van der Waals surface area contributed by atoms with Crippen molar-refractivity contribution in [1.29, 1.82) is 0 Å². The van der Waals surface area contributed by atoms with Crippen LogP contribution in [0.4, 0.5) is 0 Å². The van der Waals surface area contributed by atoms with Crippen LogP contribution in [-0.2, 0) is 0 Å². The van der Waals surface area contributed by atoms with E-state index in [0.29, 0.717) is 0 Å². The Balaban J connectivity index is 2.59. The molecule has 1 aliphatic heterocycles. The molecule has 0 aromatic carbocycles. The van der Waals surface area contributed by atoms with Crippen LogP contribution in [0.1, 0.15) is 13.8 Å². The lowest BCUT2D eigenvalue weighted by Crippen LogP contribution is -2.06. The van der Waals surface area contributed by atoms with Crippen LogP contribution >= 0.6 is 9.39 Å². The topological polar surface area (TPSA) is 3.24 Å². The van der Waals surface area contributed by atoms with E-state index in [1.54, 1.807) is 0 Å². The highest BCUT2D eigenvalue weighted by molar-refractivity contribution is 7.13. The van der Waals surface area contributed by atoms with Crippen LogP contribution in [0.25, 0.3) is 0 Å². The molecule has 46 valence electrons. The molecule has 8 heavy (non-hydrogen) atoms. The third-order valence-electron chi connectivity index (χ3n) is 1.46. The number of hydrogen-bond acceptors (Lipinski definition) is 1. The second-order valence-corrected chi connectivity index (χ2v) is 3.06. The molecule has 0 aliphatic carbocycles. The number of allylic oxidation sites excluding steroid dienone is 1. The molecular formula is C6H12NP. The maximum Gasteiger partial charge on any atom is 0.0269 e. The summed E-state index contributed by atoms with van der Waals surface area (Å²) in [4.78, 5) is 0. The van der Waals surface area contributed by atoms with E-state index in [0.717, 1.165) is 12.5 Å². The molecule has 0 N–H and O–H groups in total. The minimum Gasteiger partial charge on any atom is -0.359 e. The highest BCUT2D eigenvalue weighted by Crippen LogP contribution is 2.21. The zero-order chi connectivity index (χ0) is 6.15. The third kappa shape index (κ3) is 1.03. The van der Waals surface area contributed by atoms with E-state index in [-0.39, 0.29) is 0 Å². The summed E-state index contributed by atoms with van der Waals surface area (Å²) in [7, 11) is 2.70. The molecule has 0 radical (unpaired) electrons. The lowest BCUT2D eigenvalue weighted by molar-refractivity contribution is 0.559. The van der Waals surface area contributed by atoms with Gasteiger partial charge in [-0.15, -0.1) is 0 Å². The van der Waals surface area contributed by atoms with Crippen LogP contribution in [-0.4, -0.2) is 11.2 Å². The predicted octanol–water partition coefficient (Wildman–Crippen LogP) is 1.63. The van der Waals surface area contributed by atoms with Gasteiger partial charge in [-0.3, -0.25) is 0 Å². The molecule has 0 bridgehead atoms. The van der Waals surface area contributed by atoms with Gasteiger partial charge in [0.1, 0.15) is 0 Å². The maximum atomic E-state index is 2.70. The first-order valence-electron chi connectivity index (χ1n) is 2.91. The van der Waals surface area contributed by atoms with E-state index in [1.165, 1.54) is 5.70 Å². The van der Waals surface area contributed by atoms with Gasteiger partial charge in [-0.25, -0.2) is 0 Å². The number of hydrogen-bond donors (Lipinski definition) is 0. The average molecular weight is 129 g/mol. The van der Waals surface area contributed by atoms with Crippen molar-refractivity contribution in [2.75, 3.05) is 6.54 Å². The van der Waals surface area contributed by atoms with Gasteiger partial charge in [-0.2, -0.15) is 0 Å². The zero-order valence-corrected chi connectivity index (χ0v) is 6.54. The van der Waals surface area contributed by atoms with Crippen molar-refractivity contribution in [3.8, 4) is 0 Å². The van der Waals surface area contributed by atoms with E-state index < -0.39 is 0 Å². The molecule has 1 nitrogen and oxygen atoms in total. The molecular weight excluding hydrogens is 117 g/mol. The second kappa shape index (κ2) is 2.06. The summed E-state index contributed by atoms with van der Waals surface area (Å²) in [6.07, 6.45) is 2.28. The molecule has 0 aromatic heterocycles. The van der Waals surface area contributed by atoms with E-state index >= 15 is 0 Å². The van der Waals surface area contributed by atoms with Gasteiger partial charge in [0, 0.05) is 12.2 Å². The van der Waals surface area contributed by atoms with E-state index in [9.17, 15) is 0 Å². The Morgan fingerprint density at radius 2 is 2.50 bits per heavy atom. The SMILES string of the molecule is CC1=C[C@@H](C)CN1P. The first kappa shape index (κ1) is 6.10. The van der Waals surface area contributed by atoms with Gasteiger partial charge >= 0.3 is 0 Å². The van der Waals surface area contributed by atoms with Crippen LogP contribution in [0.3, 0.4) is 0 Å². The summed E-state index contributed by atoms with van der Waals surface area (Å²) in [5, 5.41) is 0. The smallest absolute Gasteiger partial charge is 0.0269 e. The van der Waals surface area contributed by atoms with Gasteiger partial charge in [0.25, 0.3) is 0 Å². The van der Waals surface area contributed by atoms with Gasteiger partial charge in [-0.1, -0.05) is 13.0 Å². The van der Waals surface area contributed by atoms with Crippen molar-refractivity contribution in [3.05, 3.63) is 11.8 Å². The van der Waals surface area contributed by atoms with Gasteiger partial charge in [0.05, 0.1) is 0 Å². The van der Waals surface area contributed by atoms with Crippen LogP contribution < -0.4 is 0 Å². The first-order valence-corrected chi connectivity index (χ1v) is 3.42. The second-order valence-electron chi connectivity index (χ2n) is 2.44. The summed E-state index contributed by atoms with van der Waals surface area (Å²) in [6, 6.07) is 0. The van der Waals surface area contributed by atoms with Gasteiger partial charge in [0.15, 0.2) is 0 Å². The van der Waals surface area contributed by atoms with E-state index in [4.69, 9.17) is 0 Å². The Morgan fingerprint density at radius 3 is 2.62 bits per heavy atom. The van der Waals surface area contributed by atoms with Crippen molar-refractivity contribution < 1.29 is 0 Å². The molecule has 0 amide bonds. The summed E-state index contributed by atoms with van der Waals surface area (Å²) >= 11 is 0. The number of rotatable bonds is 0. The van der Waals surface area contributed by atoms with Crippen LogP contribution in [0.2, 0.25) is 0 Å². The van der Waals surface area contributed by atoms with Crippen molar-refractivity contribution in [1.82, 2.24) is 4.67 Å². The molecule has 1 rings (SSSR count). The average Bonchev–Trinajstić information content (AvgIpc) is 1.85. The lowest BCUT2D eigenvalue weighted by Gasteiger charge is -2.11. The summed E-state index contributed by atoms with van der Waals surface area (Å²) in [5.74, 6) is 0.743. The van der Waals surface area contributed by atoms with Gasteiger partial charge in [0.2, 0.25) is 0 Å². The first-order chi connectivity index (χ1) is 3.70. The standard InChI is InChI=1S/C6H12NP/c1-5-3-6(2)7(8)4-5/h3,5H,4,8H2,1-2H3/t5-/m1/s1. The largest absolute Gasteiger partial charge is 0.359 e. The quantitative estimate of drug-likeness (QED) is 0.449. The lowest BCUT2D eigenvalue weighted by atomic mass is 10.2. The molecule has 1 aliphatic rings. The molecule has 2 heteroatoms. The Bertz CT molecular complexity index is 120. The van der Waals surface area contributed by atoms with Gasteiger partial charge in [-0.05, 0) is 22.2 Å². The summed E-state index contributed by atoms with van der Waals surface area (Å²) < 4.78 is 2.20. The molecule has 0 spiro atoms. The molecule has 0 saturated heterocycles. The Morgan fingerprint density at radius 1 is 1.88 bits per heavy atom. The normalized spacial score (nSPS) is 28.6. The highest BCUT2D eigenvalue weighted by Gasteiger charge is 2.11. The van der Waals surface area contributed by atoms with Crippen LogP contribution in [0.15, 0.2) is 11.8 Å². The maximum absolute atomic E-state index is 2.70. The van der Waals surface area contributed by atoms with Crippen molar-refractivity contribution in [3.63, 3.8) is 0 Å². The van der Waals surface area contributed by atoms with Crippen molar-refractivity contribution in [2.45, 2.75) is 13.8 Å². The fourth-order valence-electron chi connectivity index (χ4n) is 1.01. The van der Waals surface area contributed by atoms with E-state index in [2.05, 4.69) is 34.0 Å². The fraction of sp³-hybridized carbons (Fsp3) is 0.667. The van der Waals surface area contributed by atoms with Crippen molar-refractivity contribution >= 4 is 9.39 Å². The van der Waals surface area contributed by atoms with Gasteiger partial charge < -0.3 is 4.67 Å². The molecule has 2 atom stereocenters. The fourth-order valence-corrected chi connectivity index (χ4v) is 1.43. The third-order valence-corrected chi connectivity index (χ3v) is 2.08. The highest BCUT2D eigenvalue weighted by atomic mass is 31.0. The Hall–Kier alpha value is -0.0300. The Labute approximate surface area is 53.0 Å². The minimum absolute atomic E-state index is 0.743. The summed E-state index contributed by atoms with van der Waals surface area (Å²) in [5.41, 5.74) is 1.38. The van der Waals surface area contributed by atoms with E-state index in [1.807, 2.05) is 0 Å². The predicted molar refractivity (Wildman–Crippen MR) is 39.3 cm³/mol. The zero-order valence-electron chi connectivity index (χ0n) is 5.39. The Kier molecular flexibility index (Phi) is 1.57. The molecule has 0 aromatic rings. The monoisotopic (exact) mass is 129 g/mol. The number of nitrogens with zero attached hydrogens (tertiary/aromatic N) is 1. The molecule has 1 heterocycles. The van der Waals surface area contributed by atoms with Crippen LogP contribution in [0, 0.1) is 5.92 Å². The van der Waals surface area contributed by atoms with Crippen LogP contribution in [0.5, 0.6) is 0 Å². The minimum atomic E-state index is 0.743. The molecule has 1 unspecified atom stereocenters. The van der Waals surface area contributed by atoms with Crippen molar-refractivity contribution in [2.24, 2.45) is 5.92 Å². The summed E-state index contributed by atoms with van der Waals surface area (Å²) in [6.45, 7) is 5.53. The molecule has 0 fully saturated rings.